The Balaban J connectivity index is 2.65. The van der Waals surface area contributed by atoms with Crippen LogP contribution in [0.4, 0.5) is 0 Å². The molecule has 18 heavy (non-hydrogen) atoms. The number of allylic oxidation sites excluding steroid dienone is 5. The van der Waals surface area contributed by atoms with E-state index in [1.54, 1.807) is 0 Å². The van der Waals surface area contributed by atoms with E-state index in [-0.39, 0.29) is 5.41 Å². The smallest absolute Gasteiger partial charge is 0.0178 e. The van der Waals surface area contributed by atoms with E-state index in [0.717, 1.165) is 8.96 Å². The summed E-state index contributed by atoms with van der Waals surface area (Å²) in [5.41, 5.74) is 5.46. The lowest BCUT2D eigenvalue weighted by molar-refractivity contribution is 0.653. The van der Waals surface area contributed by atoms with Gasteiger partial charge in [0, 0.05) is 14.4 Å². The minimum Gasteiger partial charge on any atom is -0.0979 e. The van der Waals surface area contributed by atoms with Crippen LogP contribution in [0.25, 0.3) is 5.57 Å². The van der Waals surface area contributed by atoms with Gasteiger partial charge in [-0.1, -0.05) is 64.4 Å². The van der Waals surface area contributed by atoms with Gasteiger partial charge in [0.25, 0.3) is 0 Å². The predicted octanol–water partition coefficient (Wildman–Crippen LogP) is 5.98. The highest BCUT2D eigenvalue weighted by Crippen LogP contribution is 2.47. The summed E-state index contributed by atoms with van der Waals surface area (Å²) in [4.78, 5) is 0. The molecular weight excluding hydrogens is 352 g/mol. The maximum atomic E-state index is 3.79. The standard InChI is InChI=1S/C16H16Br2/c1-5-11(17)8-14-10(2)13-7-6-12(18)9-15(13)16(14,3)4/h5-9H,1H2,2-4H3/b11-8+. The molecule has 1 aromatic rings. The Hall–Kier alpha value is -0.600. The topological polar surface area (TPSA) is 0 Å². The molecule has 1 aliphatic carbocycles. The number of rotatable bonds is 2. The molecule has 1 aliphatic rings. The molecule has 0 amide bonds. The molecular formula is C16H16Br2. The van der Waals surface area contributed by atoms with Crippen LogP contribution in [0, 0.1) is 0 Å². The van der Waals surface area contributed by atoms with Gasteiger partial charge in [0.15, 0.2) is 0 Å². The molecule has 0 saturated heterocycles. The molecule has 0 radical (unpaired) electrons. The summed E-state index contributed by atoms with van der Waals surface area (Å²) >= 11 is 7.09. The molecule has 1 aromatic carbocycles. The number of hydrogen-bond donors (Lipinski definition) is 0. The van der Waals surface area contributed by atoms with Gasteiger partial charge < -0.3 is 0 Å². The Kier molecular flexibility index (Phi) is 3.70. The first-order chi connectivity index (χ1) is 8.37. The van der Waals surface area contributed by atoms with Gasteiger partial charge in [-0.2, -0.15) is 0 Å². The van der Waals surface area contributed by atoms with E-state index in [1.165, 1.54) is 22.3 Å². The van der Waals surface area contributed by atoms with Crippen molar-refractivity contribution in [1.82, 2.24) is 0 Å². The van der Waals surface area contributed by atoms with Gasteiger partial charge in [-0.05, 0) is 47.4 Å². The average molecular weight is 368 g/mol. The Morgan fingerprint density at radius 3 is 2.61 bits per heavy atom. The van der Waals surface area contributed by atoms with E-state index in [9.17, 15) is 0 Å². The maximum absolute atomic E-state index is 3.79. The van der Waals surface area contributed by atoms with Crippen LogP contribution < -0.4 is 0 Å². The minimum absolute atomic E-state index is 0.0330. The lowest BCUT2D eigenvalue weighted by Crippen LogP contribution is -2.16. The monoisotopic (exact) mass is 366 g/mol. The molecule has 2 rings (SSSR count). The zero-order valence-electron chi connectivity index (χ0n) is 10.8. The highest BCUT2D eigenvalue weighted by molar-refractivity contribution is 9.12. The normalized spacial score (nSPS) is 17.9. The van der Waals surface area contributed by atoms with Crippen molar-refractivity contribution in [1.29, 1.82) is 0 Å². The minimum atomic E-state index is 0.0330. The molecule has 0 aliphatic heterocycles. The van der Waals surface area contributed by atoms with Crippen molar-refractivity contribution in [2.24, 2.45) is 0 Å². The molecule has 94 valence electrons. The first-order valence-corrected chi connectivity index (χ1v) is 7.48. The third-order valence-electron chi connectivity index (χ3n) is 3.61. The SMILES string of the molecule is C=C/C(Br)=C\C1=C(C)c2ccc(Br)cc2C1(C)C. The van der Waals surface area contributed by atoms with E-state index < -0.39 is 0 Å². The first kappa shape index (κ1) is 13.8. The van der Waals surface area contributed by atoms with Crippen LogP contribution in [0.5, 0.6) is 0 Å². The van der Waals surface area contributed by atoms with Gasteiger partial charge >= 0.3 is 0 Å². The van der Waals surface area contributed by atoms with Crippen LogP contribution in [0.15, 0.2) is 51.5 Å². The van der Waals surface area contributed by atoms with Crippen LogP contribution >= 0.6 is 31.9 Å². The summed E-state index contributed by atoms with van der Waals surface area (Å²) in [6.45, 7) is 10.5. The highest BCUT2D eigenvalue weighted by atomic mass is 79.9. The Morgan fingerprint density at radius 2 is 2.00 bits per heavy atom. The molecule has 0 nitrogen and oxygen atoms in total. The van der Waals surface area contributed by atoms with Crippen molar-refractivity contribution in [3.63, 3.8) is 0 Å². The van der Waals surface area contributed by atoms with Gasteiger partial charge in [-0.3, -0.25) is 0 Å². The van der Waals surface area contributed by atoms with Crippen molar-refractivity contribution in [2.45, 2.75) is 26.2 Å². The van der Waals surface area contributed by atoms with Crippen molar-refractivity contribution < 1.29 is 0 Å². The maximum Gasteiger partial charge on any atom is 0.0178 e. The van der Waals surface area contributed by atoms with Crippen molar-refractivity contribution in [3.05, 3.63) is 62.6 Å². The van der Waals surface area contributed by atoms with E-state index >= 15 is 0 Å². The van der Waals surface area contributed by atoms with Gasteiger partial charge in [-0.15, -0.1) is 0 Å². The van der Waals surface area contributed by atoms with Crippen LogP contribution in [-0.2, 0) is 5.41 Å². The number of benzene rings is 1. The fourth-order valence-electron chi connectivity index (χ4n) is 2.60. The van der Waals surface area contributed by atoms with Gasteiger partial charge in [-0.25, -0.2) is 0 Å². The fraction of sp³-hybridized carbons (Fsp3) is 0.250. The average Bonchev–Trinajstić information content (AvgIpc) is 2.50. The summed E-state index contributed by atoms with van der Waals surface area (Å²) in [6, 6.07) is 6.52. The molecule has 0 aromatic heterocycles. The quantitative estimate of drug-likeness (QED) is 0.564. The molecule has 0 bridgehead atoms. The number of halogens is 2. The summed E-state index contributed by atoms with van der Waals surface area (Å²) in [6.07, 6.45) is 4.01. The predicted molar refractivity (Wildman–Crippen MR) is 87.0 cm³/mol. The third kappa shape index (κ3) is 2.17. The van der Waals surface area contributed by atoms with Crippen molar-refractivity contribution >= 4 is 37.4 Å². The summed E-state index contributed by atoms with van der Waals surface area (Å²) in [5, 5.41) is 0. The van der Waals surface area contributed by atoms with Gasteiger partial charge in [0.2, 0.25) is 0 Å². The van der Waals surface area contributed by atoms with E-state index in [1.807, 2.05) is 6.08 Å². The molecule has 0 spiro atoms. The van der Waals surface area contributed by atoms with Gasteiger partial charge in [0.05, 0.1) is 0 Å². The van der Waals surface area contributed by atoms with Crippen LogP contribution in [0.1, 0.15) is 31.9 Å². The number of fused-ring (bicyclic) bond motifs is 1. The summed E-state index contributed by atoms with van der Waals surface area (Å²) < 4.78 is 2.16. The third-order valence-corrected chi connectivity index (χ3v) is 4.66. The van der Waals surface area contributed by atoms with Crippen LogP contribution in [0.3, 0.4) is 0 Å². The lowest BCUT2D eigenvalue weighted by atomic mass is 9.81. The second kappa shape index (κ2) is 4.82. The van der Waals surface area contributed by atoms with E-state index in [2.05, 4.69) is 83.5 Å². The van der Waals surface area contributed by atoms with Crippen molar-refractivity contribution in [2.75, 3.05) is 0 Å². The number of hydrogen-bond acceptors (Lipinski definition) is 0. The van der Waals surface area contributed by atoms with Crippen LogP contribution in [-0.4, -0.2) is 0 Å². The van der Waals surface area contributed by atoms with E-state index in [0.29, 0.717) is 0 Å². The van der Waals surface area contributed by atoms with Crippen molar-refractivity contribution in [3.8, 4) is 0 Å². The fourth-order valence-corrected chi connectivity index (χ4v) is 3.19. The van der Waals surface area contributed by atoms with Crippen LogP contribution in [0.2, 0.25) is 0 Å². The Labute approximate surface area is 126 Å². The molecule has 0 atom stereocenters. The molecule has 0 unspecified atom stereocenters. The second-order valence-electron chi connectivity index (χ2n) is 5.09. The molecule has 2 heteroatoms. The second-order valence-corrected chi connectivity index (χ2v) is 6.92. The van der Waals surface area contributed by atoms with E-state index in [4.69, 9.17) is 0 Å². The van der Waals surface area contributed by atoms with Gasteiger partial charge in [0.1, 0.15) is 0 Å². The Morgan fingerprint density at radius 1 is 1.33 bits per heavy atom. The molecule has 0 saturated carbocycles. The zero-order chi connectivity index (χ0) is 13.5. The zero-order valence-corrected chi connectivity index (χ0v) is 14.0. The summed E-state index contributed by atoms with van der Waals surface area (Å²) in [5.74, 6) is 0. The molecule has 0 N–H and O–H groups in total. The highest BCUT2D eigenvalue weighted by Gasteiger charge is 2.34. The largest absolute Gasteiger partial charge is 0.0979 e. The Bertz CT molecular complexity index is 575. The molecule has 0 heterocycles. The summed E-state index contributed by atoms with van der Waals surface area (Å²) in [7, 11) is 0. The molecule has 0 fully saturated rings. The lowest BCUT2D eigenvalue weighted by Gasteiger charge is -2.23. The first-order valence-electron chi connectivity index (χ1n) is 5.89.